The van der Waals surface area contributed by atoms with Crippen LogP contribution in [-0.4, -0.2) is 42.2 Å². The third-order valence-corrected chi connectivity index (χ3v) is 5.15. The summed E-state index contributed by atoms with van der Waals surface area (Å²) in [4.78, 5) is 0. The van der Waals surface area contributed by atoms with Crippen LogP contribution < -0.4 is 0 Å². The number of ether oxygens (including phenoxy) is 1. The van der Waals surface area contributed by atoms with E-state index in [0.717, 1.165) is 0 Å². The van der Waals surface area contributed by atoms with Crippen molar-refractivity contribution < 1.29 is 13.2 Å². The Bertz CT molecular complexity index is 302. The van der Waals surface area contributed by atoms with Gasteiger partial charge < -0.3 is 4.74 Å². The summed E-state index contributed by atoms with van der Waals surface area (Å²) in [5, 5.41) is 0. The van der Waals surface area contributed by atoms with Gasteiger partial charge in [-0.15, -0.1) is 0 Å². The minimum absolute atomic E-state index is 0.0250. The number of nitrogens with zero attached hydrogens (tertiary/aromatic N) is 1. The summed E-state index contributed by atoms with van der Waals surface area (Å²) in [6.45, 7) is 6.55. The molecule has 1 rings (SSSR count). The minimum atomic E-state index is -3.16. The van der Waals surface area contributed by atoms with Crippen molar-refractivity contribution in [1.29, 1.82) is 0 Å². The summed E-state index contributed by atoms with van der Waals surface area (Å²) < 4.78 is 30.3. The SMILES string of the molecule is CC1CN(S(=O)(=O)CBr)CC(C)(C)O1. The van der Waals surface area contributed by atoms with Crippen LogP contribution in [0.2, 0.25) is 0 Å². The molecule has 0 radical (unpaired) electrons. The second-order valence-corrected chi connectivity index (χ2v) is 7.47. The summed E-state index contributed by atoms with van der Waals surface area (Å²) in [5.74, 6) is 0. The first-order chi connectivity index (χ1) is 6.27. The largest absolute Gasteiger partial charge is 0.370 e. The summed E-state index contributed by atoms with van der Waals surface area (Å²) in [6, 6.07) is 0. The smallest absolute Gasteiger partial charge is 0.224 e. The lowest BCUT2D eigenvalue weighted by molar-refractivity contribution is -0.109. The minimum Gasteiger partial charge on any atom is -0.370 e. The summed E-state index contributed by atoms with van der Waals surface area (Å²) in [6.07, 6.45) is -0.0485. The van der Waals surface area contributed by atoms with Gasteiger partial charge in [-0.1, -0.05) is 15.9 Å². The highest BCUT2D eigenvalue weighted by molar-refractivity contribution is 9.10. The van der Waals surface area contributed by atoms with Crippen molar-refractivity contribution in [3.05, 3.63) is 0 Å². The molecule has 1 aliphatic heterocycles. The zero-order chi connectivity index (χ0) is 11.0. The predicted molar refractivity (Wildman–Crippen MR) is 58.9 cm³/mol. The van der Waals surface area contributed by atoms with Gasteiger partial charge in [0.2, 0.25) is 10.0 Å². The number of morpholine rings is 1. The van der Waals surface area contributed by atoms with Crippen molar-refractivity contribution in [3.63, 3.8) is 0 Å². The van der Waals surface area contributed by atoms with Gasteiger partial charge in [0.25, 0.3) is 0 Å². The summed E-state index contributed by atoms with van der Waals surface area (Å²) >= 11 is 2.99. The number of hydrogen-bond donors (Lipinski definition) is 0. The lowest BCUT2D eigenvalue weighted by Gasteiger charge is -2.40. The quantitative estimate of drug-likeness (QED) is 0.716. The lowest BCUT2D eigenvalue weighted by atomic mass is 10.1. The maximum absolute atomic E-state index is 11.6. The maximum Gasteiger partial charge on any atom is 0.224 e. The van der Waals surface area contributed by atoms with E-state index in [0.29, 0.717) is 13.1 Å². The van der Waals surface area contributed by atoms with E-state index in [1.54, 1.807) is 0 Å². The second kappa shape index (κ2) is 4.08. The average molecular weight is 286 g/mol. The summed E-state index contributed by atoms with van der Waals surface area (Å²) in [7, 11) is -3.16. The molecule has 1 saturated heterocycles. The van der Waals surface area contributed by atoms with Crippen LogP contribution in [0.4, 0.5) is 0 Å². The van der Waals surface area contributed by atoms with Gasteiger partial charge in [-0.3, -0.25) is 0 Å². The molecule has 1 atom stereocenters. The molecule has 0 bridgehead atoms. The van der Waals surface area contributed by atoms with Crippen LogP contribution in [0.5, 0.6) is 0 Å². The molecule has 6 heteroatoms. The van der Waals surface area contributed by atoms with Crippen LogP contribution >= 0.6 is 15.9 Å². The molecule has 0 aromatic carbocycles. The van der Waals surface area contributed by atoms with E-state index in [1.807, 2.05) is 20.8 Å². The average Bonchev–Trinajstić information content (AvgIpc) is 2.00. The number of rotatable bonds is 2. The van der Waals surface area contributed by atoms with Crippen molar-refractivity contribution in [2.24, 2.45) is 0 Å². The van der Waals surface area contributed by atoms with Gasteiger partial charge in [0.05, 0.1) is 11.7 Å². The molecule has 0 aromatic rings. The highest BCUT2D eigenvalue weighted by Crippen LogP contribution is 2.23. The first kappa shape index (κ1) is 12.4. The standard InChI is InChI=1S/C8H16BrNO3S/c1-7-4-10(14(11,12)6-9)5-8(2,3)13-7/h7H,4-6H2,1-3H3. The topological polar surface area (TPSA) is 46.6 Å². The fraction of sp³-hybridized carbons (Fsp3) is 1.00. The molecular formula is C8H16BrNO3S. The third kappa shape index (κ3) is 2.92. The molecule has 14 heavy (non-hydrogen) atoms. The Balaban J connectivity index is 2.82. The normalized spacial score (nSPS) is 29.0. The van der Waals surface area contributed by atoms with E-state index in [4.69, 9.17) is 4.74 Å². The van der Waals surface area contributed by atoms with Gasteiger partial charge in [0.1, 0.15) is 4.66 Å². The van der Waals surface area contributed by atoms with Crippen LogP contribution in [0.15, 0.2) is 0 Å². The van der Waals surface area contributed by atoms with Crippen molar-refractivity contribution in [3.8, 4) is 0 Å². The third-order valence-electron chi connectivity index (χ3n) is 2.07. The Hall–Kier alpha value is 0.350. The predicted octanol–water partition coefficient (Wildman–Crippen LogP) is 1.17. The zero-order valence-electron chi connectivity index (χ0n) is 8.66. The van der Waals surface area contributed by atoms with Crippen LogP contribution in [-0.2, 0) is 14.8 Å². The molecule has 0 amide bonds. The van der Waals surface area contributed by atoms with Crippen molar-refractivity contribution >= 4 is 26.0 Å². The monoisotopic (exact) mass is 285 g/mol. The number of halogens is 1. The van der Waals surface area contributed by atoms with Crippen LogP contribution in [0.25, 0.3) is 0 Å². The Morgan fingerprint density at radius 1 is 1.57 bits per heavy atom. The molecular weight excluding hydrogens is 270 g/mol. The van der Waals surface area contributed by atoms with Crippen molar-refractivity contribution in [2.75, 3.05) is 17.8 Å². The Morgan fingerprint density at radius 2 is 2.14 bits per heavy atom. The van der Waals surface area contributed by atoms with Crippen molar-refractivity contribution in [2.45, 2.75) is 32.5 Å². The molecule has 84 valence electrons. The van der Waals surface area contributed by atoms with Crippen molar-refractivity contribution in [1.82, 2.24) is 4.31 Å². The zero-order valence-corrected chi connectivity index (χ0v) is 11.1. The molecule has 1 heterocycles. The Morgan fingerprint density at radius 3 is 2.57 bits per heavy atom. The Labute approximate surface area is 93.8 Å². The molecule has 4 nitrogen and oxygen atoms in total. The molecule has 1 unspecified atom stereocenters. The highest BCUT2D eigenvalue weighted by Gasteiger charge is 2.36. The van der Waals surface area contributed by atoms with Crippen LogP contribution in [0.3, 0.4) is 0 Å². The lowest BCUT2D eigenvalue weighted by Crippen LogP contribution is -2.53. The van der Waals surface area contributed by atoms with Gasteiger partial charge in [0, 0.05) is 13.1 Å². The second-order valence-electron chi connectivity index (χ2n) is 4.20. The van der Waals surface area contributed by atoms with Crippen LogP contribution in [0.1, 0.15) is 20.8 Å². The first-order valence-corrected chi connectivity index (χ1v) is 7.21. The van der Waals surface area contributed by atoms with Gasteiger partial charge in [0.15, 0.2) is 0 Å². The van der Waals surface area contributed by atoms with Crippen LogP contribution in [0, 0.1) is 0 Å². The van der Waals surface area contributed by atoms with Gasteiger partial charge in [-0.25, -0.2) is 8.42 Å². The van der Waals surface area contributed by atoms with E-state index in [-0.39, 0.29) is 10.8 Å². The molecule has 0 N–H and O–H groups in total. The Kier molecular flexibility index (Phi) is 3.62. The highest BCUT2D eigenvalue weighted by atomic mass is 79.9. The first-order valence-electron chi connectivity index (χ1n) is 4.48. The molecule has 1 fully saturated rings. The summed E-state index contributed by atoms with van der Waals surface area (Å²) in [5.41, 5.74) is -0.396. The van der Waals surface area contributed by atoms with Gasteiger partial charge in [-0.2, -0.15) is 4.31 Å². The molecule has 0 saturated carbocycles. The number of hydrogen-bond acceptors (Lipinski definition) is 3. The van der Waals surface area contributed by atoms with E-state index in [2.05, 4.69) is 15.9 Å². The fourth-order valence-electron chi connectivity index (χ4n) is 1.68. The number of sulfonamides is 1. The maximum atomic E-state index is 11.6. The van der Waals surface area contributed by atoms with E-state index in [9.17, 15) is 8.42 Å². The molecule has 0 aromatic heterocycles. The molecule has 1 aliphatic rings. The van der Waals surface area contributed by atoms with E-state index in [1.165, 1.54) is 4.31 Å². The molecule has 0 spiro atoms. The van der Waals surface area contributed by atoms with Gasteiger partial charge >= 0.3 is 0 Å². The molecule has 0 aliphatic carbocycles. The van der Waals surface area contributed by atoms with Gasteiger partial charge in [-0.05, 0) is 20.8 Å². The van der Waals surface area contributed by atoms with E-state index < -0.39 is 15.6 Å². The number of alkyl halides is 1. The fourth-order valence-corrected chi connectivity index (χ4v) is 3.63. The van der Waals surface area contributed by atoms with E-state index >= 15 is 0 Å².